The molecule has 118 valence electrons. The first-order valence-electron chi connectivity index (χ1n) is 8.22. The van der Waals surface area contributed by atoms with Crippen molar-refractivity contribution >= 4 is 17.7 Å². The van der Waals surface area contributed by atoms with Crippen molar-refractivity contribution in [1.82, 2.24) is 5.32 Å². The lowest BCUT2D eigenvalue weighted by molar-refractivity contribution is 0.0943. The van der Waals surface area contributed by atoms with Crippen molar-refractivity contribution in [2.24, 2.45) is 5.92 Å². The summed E-state index contributed by atoms with van der Waals surface area (Å²) in [6, 6.07) is 7.92. The lowest BCUT2D eigenvalue weighted by atomic mass is 9.99. The van der Waals surface area contributed by atoms with Gasteiger partial charge in [-0.1, -0.05) is 52.2 Å². The van der Waals surface area contributed by atoms with E-state index in [0.717, 1.165) is 35.6 Å². The number of unbranched alkanes of at least 4 members (excludes halogenated alkanes) is 1. The second-order valence-corrected chi connectivity index (χ2v) is 6.61. The number of carbonyl (C=O) groups is 1. The zero-order chi connectivity index (χ0) is 15.5. The van der Waals surface area contributed by atoms with Crippen LogP contribution >= 0.6 is 11.8 Å². The highest BCUT2D eigenvalue weighted by molar-refractivity contribution is 7.99. The van der Waals surface area contributed by atoms with Crippen LogP contribution in [0.1, 0.15) is 63.2 Å². The van der Waals surface area contributed by atoms with Crippen LogP contribution in [0, 0.1) is 5.92 Å². The third kappa shape index (κ3) is 6.56. The van der Waals surface area contributed by atoms with E-state index in [9.17, 15) is 4.79 Å². The van der Waals surface area contributed by atoms with Gasteiger partial charge in [0.1, 0.15) is 0 Å². The van der Waals surface area contributed by atoms with Gasteiger partial charge in [-0.05, 0) is 36.6 Å². The van der Waals surface area contributed by atoms with Crippen LogP contribution in [0.15, 0.2) is 29.2 Å². The molecule has 0 saturated heterocycles. The Bertz CT molecular complexity index is 419. The average Bonchev–Trinajstić information content (AvgIpc) is 2.53. The number of hydrogen-bond acceptors (Lipinski definition) is 2. The maximum absolute atomic E-state index is 12.4. The Kier molecular flexibility index (Phi) is 9.24. The molecule has 0 aliphatic rings. The van der Waals surface area contributed by atoms with Gasteiger partial charge in [-0.3, -0.25) is 4.79 Å². The molecule has 1 unspecified atom stereocenters. The Morgan fingerprint density at radius 1 is 1.19 bits per heavy atom. The van der Waals surface area contributed by atoms with E-state index in [-0.39, 0.29) is 5.91 Å². The lowest BCUT2D eigenvalue weighted by Gasteiger charge is -2.16. The van der Waals surface area contributed by atoms with Crippen LogP contribution in [0.5, 0.6) is 0 Å². The highest BCUT2D eigenvalue weighted by Gasteiger charge is 2.13. The van der Waals surface area contributed by atoms with E-state index < -0.39 is 0 Å². The first kappa shape index (κ1) is 18.1. The molecule has 0 aliphatic carbocycles. The van der Waals surface area contributed by atoms with Crippen molar-refractivity contribution in [2.45, 2.75) is 57.8 Å². The summed E-state index contributed by atoms with van der Waals surface area (Å²) in [5, 5.41) is 3.12. The highest BCUT2D eigenvalue weighted by Crippen LogP contribution is 2.23. The number of amides is 1. The van der Waals surface area contributed by atoms with Crippen LogP contribution < -0.4 is 5.32 Å². The van der Waals surface area contributed by atoms with Crippen LogP contribution in [0.4, 0.5) is 0 Å². The quantitative estimate of drug-likeness (QED) is 0.607. The Labute approximate surface area is 134 Å². The van der Waals surface area contributed by atoms with Crippen molar-refractivity contribution in [1.29, 1.82) is 0 Å². The minimum Gasteiger partial charge on any atom is -0.352 e. The first-order chi connectivity index (χ1) is 10.2. The van der Waals surface area contributed by atoms with Gasteiger partial charge in [-0.2, -0.15) is 0 Å². The van der Waals surface area contributed by atoms with Gasteiger partial charge in [-0.25, -0.2) is 0 Å². The monoisotopic (exact) mass is 307 g/mol. The Morgan fingerprint density at radius 3 is 2.62 bits per heavy atom. The molecule has 0 aliphatic heterocycles. The third-order valence-electron chi connectivity index (χ3n) is 3.69. The van der Waals surface area contributed by atoms with Crippen LogP contribution in [-0.2, 0) is 0 Å². The van der Waals surface area contributed by atoms with Crippen molar-refractivity contribution < 1.29 is 4.79 Å². The summed E-state index contributed by atoms with van der Waals surface area (Å²) in [7, 11) is 0. The second-order valence-electron chi connectivity index (χ2n) is 5.47. The summed E-state index contributed by atoms with van der Waals surface area (Å²) < 4.78 is 0. The Morgan fingerprint density at radius 2 is 1.95 bits per heavy atom. The van der Waals surface area contributed by atoms with Crippen LogP contribution in [0.3, 0.4) is 0 Å². The van der Waals surface area contributed by atoms with Crippen LogP contribution in [0.2, 0.25) is 0 Å². The second kappa shape index (κ2) is 10.7. The average molecular weight is 308 g/mol. The maximum Gasteiger partial charge on any atom is 0.252 e. The van der Waals surface area contributed by atoms with Crippen molar-refractivity contribution in [2.75, 3.05) is 12.3 Å². The minimum atomic E-state index is 0.0733. The predicted octanol–water partition coefficient (Wildman–Crippen LogP) is 5.13. The van der Waals surface area contributed by atoms with Crippen molar-refractivity contribution in [3.8, 4) is 0 Å². The normalized spacial score (nSPS) is 12.1. The number of nitrogens with one attached hydrogen (secondary N) is 1. The van der Waals surface area contributed by atoms with E-state index in [4.69, 9.17) is 0 Å². The summed E-state index contributed by atoms with van der Waals surface area (Å²) in [5.74, 6) is 1.73. The smallest absolute Gasteiger partial charge is 0.252 e. The van der Waals surface area contributed by atoms with Crippen molar-refractivity contribution in [3.63, 3.8) is 0 Å². The van der Waals surface area contributed by atoms with Gasteiger partial charge in [0, 0.05) is 11.4 Å². The first-order valence-corrected chi connectivity index (χ1v) is 9.21. The molecule has 2 nitrogen and oxygen atoms in total. The Balaban J connectivity index is 2.58. The molecule has 1 rings (SSSR count). The number of rotatable bonds is 10. The number of carbonyl (C=O) groups excluding carboxylic acids is 1. The van der Waals surface area contributed by atoms with Gasteiger partial charge in [0.2, 0.25) is 0 Å². The molecule has 1 aromatic carbocycles. The SMILES string of the molecule is CCCCC(CC)CNC(=O)c1ccccc1SCCC. The van der Waals surface area contributed by atoms with E-state index in [2.05, 4.69) is 26.1 Å². The molecule has 3 heteroatoms. The topological polar surface area (TPSA) is 29.1 Å². The fraction of sp³-hybridized carbons (Fsp3) is 0.611. The van der Waals surface area contributed by atoms with Crippen LogP contribution in [-0.4, -0.2) is 18.2 Å². The molecule has 0 radical (unpaired) electrons. The molecule has 0 fully saturated rings. The van der Waals surface area contributed by atoms with E-state index in [1.54, 1.807) is 11.8 Å². The van der Waals surface area contributed by atoms with Gasteiger partial charge < -0.3 is 5.32 Å². The molecule has 0 heterocycles. The largest absolute Gasteiger partial charge is 0.352 e. The maximum atomic E-state index is 12.4. The fourth-order valence-electron chi connectivity index (χ4n) is 2.27. The minimum absolute atomic E-state index is 0.0733. The zero-order valence-electron chi connectivity index (χ0n) is 13.7. The fourth-order valence-corrected chi connectivity index (χ4v) is 3.18. The molecule has 0 aromatic heterocycles. The van der Waals surface area contributed by atoms with Crippen LogP contribution in [0.25, 0.3) is 0 Å². The van der Waals surface area contributed by atoms with Gasteiger partial charge in [0.15, 0.2) is 0 Å². The number of thioether (sulfide) groups is 1. The molecule has 1 N–H and O–H groups in total. The summed E-state index contributed by atoms with van der Waals surface area (Å²) in [4.78, 5) is 13.5. The third-order valence-corrected chi connectivity index (χ3v) is 4.97. The lowest BCUT2D eigenvalue weighted by Crippen LogP contribution is -2.29. The molecule has 0 saturated carbocycles. The van der Waals surface area contributed by atoms with E-state index in [1.165, 1.54) is 19.3 Å². The van der Waals surface area contributed by atoms with Gasteiger partial charge in [0.05, 0.1) is 5.56 Å². The van der Waals surface area contributed by atoms with E-state index >= 15 is 0 Å². The van der Waals surface area contributed by atoms with E-state index in [1.807, 2.05) is 24.3 Å². The van der Waals surface area contributed by atoms with Crippen molar-refractivity contribution in [3.05, 3.63) is 29.8 Å². The molecule has 1 atom stereocenters. The van der Waals surface area contributed by atoms with Gasteiger partial charge in [0.25, 0.3) is 5.91 Å². The molecule has 21 heavy (non-hydrogen) atoms. The zero-order valence-corrected chi connectivity index (χ0v) is 14.5. The summed E-state index contributed by atoms with van der Waals surface area (Å²) in [6.45, 7) is 7.38. The molecule has 1 amide bonds. The molecular weight excluding hydrogens is 278 g/mol. The molecular formula is C18H29NOS. The summed E-state index contributed by atoms with van der Waals surface area (Å²) in [6.07, 6.45) is 5.93. The molecule has 0 bridgehead atoms. The summed E-state index contributed by atoms with van der Waals surface area (Å²) in [5.41, 5.74) is 0.821. The molecule has 1 aromatic rings. The predicted molar refractivity (Wildman–Crippen MR) is 93.1 cm³/mol. The highest BCUT2D eigenvalue weighted by atomic mass is 32.2. The number of benzene rings is 1. The number of hydrogen-bond donors (Lipinski definition) is 1. The Hall–Kier alpha value is -0.960. The van der Waals surface area contributed by atoms with E-state index in [0.29, 0.717) is 5.92 Å². The molecule has 0 spiro atoms. The standard InChI is InChI=1S/C18H29NOS/c1-4-7-10-15(6-3)14-19-18(20)16-11-8-9-12-17(16)21-13-5-2/h8-9,11-12,15H,4-7,10,13-14H2,1-3H3,(H,19,20). The summed E-state index contributed by atoms with van der Waals surface area (Å²) >= 11 is 1.77. The van der Waals surface area contributed by atoms with Gasteiger partial charge in [-0.15, -0.1) is 11.8 Å². The van der Waals surface area contributed by atoms with Gasteiger partial charge >= 0.3 is 0 Å².